The summed E-state index contributed by atoms with van der Waals surface area (Å²) in [6.07, 6.45) is 3.55. The monoisotopic (exact) mass is 394 g/mol. The molecule has 2 N–H and O–H groups in total. The quantitative estimate of drug-likeness (QED) is 0.346. The Bertz CT molecular complexity index is 961. The molecule has 2 aromatic carbocycles. The summed E-state index contributed by atoms with van der Waals surface area (Å²) in [6, 6.07) is 18.7. The predicted molar refractivity (Wildman–Crippen MR) is 117 cm³/mol. The van der Waals surface area contributed by atoms with Crippen LogP contribution in [0.1, 0.15) is 36.6 Å². The minimum absolute atomic E-state index is 0.217. The number of hydrogen-bond acceptors (Lipinski definition) is 2. The zero-order chi connectivity index (χ0) is 19.9. The van der Waals surface area contributed by atoms with Crippen molar-refractivity contribution in [1.82, 2.24) is 9.99 Å². The van der Waals surface area contributed by atoms with Crippen LogP contribution in [0, 0.1) is 5.82 Å². The van der Waals surface area contributed by atoms with Crippen molar-refractivity contribution in [3.05, 3.63) is 89.5 Å². The standard InChI is InChI=1S/C22H23FN4S/c1-16(2)17-9-11-19(12-10-17)25-22(28)26-24-14-20-7-5-13-27(20)15-18-6-3-4-8-21(18)23/h3-14,16H,15H2,1-2H3,(H2,25,26,28)/b24-14-. The lowest BCUT2D eigenvalue weighted by Gasteiger charge is -2.10. The Morgan fingerprint density at radius 1 is 1.11 bits per heavy atom. The molecule has 4 nitrogen and oxygen atoms in total. The topological polar surface area (TPSA) is 41.4 Å². The van der Waals surface area contributed by atoms with Crippen LogP contribution >= 0.6 is 12.2 Å². The lowest BCUT2D eigenvalue weighted by atomic mass is 10.0. The van der Waals surface area contributed by atoms with E-state index >= 15 is 0 Å². The van der Waals surface area contributed by atoms with E-state index in [0.717, 1.165) is 11.4 Å². The number of benzene rings is 2. The summed E-state index contributed by atoms with van der Waals surface area (Å²) in [4.78, 5) is 0. The molecule has 0 atom stereocenters. The van der Waals surface area contributed by atoms with Crippen LogP contribution < -0.4 is 10.7 Å². The maximum absolute atomic E-state index is 13.9. The maximum Gasteiger partial charge on any atom is 0.191 e. The Labute approximate surface area is 170 Å². The molecular weight excluding hydrogens is 371 g/mol. The SMILES string of the molecule is CC(C)c1ccc(NC(=S)N/N=C\c2cccn2Cc2ccccc2F)cc1. The Morgan fingerprint density at radius 3 is 2.57 bits per heavy atom. The van der Waals surface area contributed by atoms with Gasteiger partial charge in [0.1, 0.15) is 5.82 Å². The van der Waals surface area contributed by atoms with E-state index in [-0.39, 0.29) is 5.82 Å². The van der Waals surface area contributed by atoms with Gasteiger partial charge in [-0.3, -0.25) is 5.43 Å². The molecule has 0 bridgehead atoms. The van der Waals surface area contributed by atoms with Gasteiger partial charge in [0.25, 0.3) is 0 Å². The fraction of sp³-hybridized carbons (Fsp3) is 0.182. The molecule has 3 rings (SSSR count). The van der Waals surface area contributed by atoms with Crippen molar-refractivity contribution in [2.75, 3.05) is 5.32 Å². The van der Waals surface area contributed by atoms with Gasteiger partial charge < -0.3 is 9.88 Å². The highest BCUT2D eigenvalue weighted by Crippen LogP contribution is 2.17. The van der Waals surface area contributed by atoms with Crippen molar-refractivity contribution >= 4 is 29.2 Å². The first-order chi connectivity index (χ1) is 13.5. The third-order valence-corrected chi connectivity index (χ3v) is 4.55. The van der Waals surface area contributed by atoms with Crippen LogP contribution in [-0.2, 0) is 6.54 Å². The summed E-state index contributed by atoms with van der Waals surface area (Å²) in [5, 5.41) is 7.69. The van der Waals surface area contributed by atoms with Gasteiger partial charge in [0.05, 0.1) is 18.5 Å². The molecule has 0 amide bonds. The molecule has 3 aromatic rings. The van der Waals surface area contributed by atoms with Gasteiger partial charge in [-0.1, -0.05) is 44.2 Å². The second-order valence-corrected chi connectivity index (χ2v) is 7.16. The summed E-state index contributed by atoms with van der Waals surface area (Å²) in [6.45, 7) is 4.75. The van der Waals surface area contributed by atoms with E-state index in [0.29, 0.717) is 23.1 Å². The Morgan fingerprint density at radius 2 is 1.86 bits per heavy atom. The third kappa shape index (κ3) is 5.27. The first-order valence-electron chi connectivity index (χ1n) is 9.11. The van der Waals surface area contributed by atoms with Crippen LogP contribution in [0.5, 0.6) is 0 Å². The molecule has 0 radical (unpaired) electrons. The van der Waals surface area contributed by atoms with Crippen molar-refractivity contribution in [2.24, 2.45) is 5.10 Å². The van der Waals surface area contributed by atoms with Gasteiger partial charge in [-0.25, -0.2) is 4.39 Å². The zero-order valence-corrected chi connectivity index (χ0v) is 16.7. The van der Waals surface area contributed by atoms with Crippen LogP contribution in [0.15, 0.2) is 72.0 Å². The van der Waals surface area contributed by atoms with Crippen LogP contribution in [0.2, 0.25) is 0 Å². The number of aromatic nitrogens is 1. The summed E-state index contributed by atoms with van der Waals surface area (Å²) < 4.78 is 15.8. The van der Waals surface area contributed by atoms with Gasteiger partial charge in [-0.15, -0.1) is 0 Å². The second-order valence-electron chi connectivity index (χ2n) is 6.75. The van der Waals surface area contributed by atoms with Crippen molar-refractivity contribution in [1.29, 1.82) is 0 Å². The molecule has 1 aromatic heterocycles. The summed E-state index contributed by atoms with van der Waals surface area (Å²) in [7, 11) is 0. The normalized spacial score (nSPS) is 11.1. The number of nitrogens with one attached hydrogen (secondary N) is 2. The van der Waals surface area contributed by atoms with Gasteiger partial charge in [-0.05, 0) is 54.0 Å². The Balaban J connectivity index is 1.57. The largest absolute Gasteiger partial charge is 0.342 e. The average Bonchev–Trinajstić information content (AvgIpc) is 3.11. The van der Waals surface area contributed by atoms with E-state index in [4.69, 9.17) is 12.2 Å². The molecule has 0 spiro atoms. The van der Waals surface area contributed by atoms with Gasteiger partial charge in [0.15, 0.2) is 5.11 Å². The van der Waals surface area contributed by atoms with Crippen molar-refractivity contribution in [2.45, 2.75) is 26.3 Å². The molecule has 0 unspecified atom stereocenters. The van der Waals surface area contributed by atoms with Gasteiger partial charge in [0.2, 0.25) is 0 Å². The molecule has 0 saturated carbocycles. The number of thiocarbonyl (C=S) groups is 1. The molecule has 0 fully saturated rings. The summed E-state index contributed by atoms with van der Waals surface area (Å²) >= 11 is 5.28. The first-order valence-corrected chi connectivity index (χ1v) is 9.52. The minimum atomic E-state index is -0.217. The fourth-order valence-corrected chi connectivity index (χ4v) is 2.94. The number of nitrogens with zero attached hydrogens (tertiary/aromatic N) is 2. The van der Waals surface area contributed by atoms with E-state index < -0.39 is 0 Å². The Kier molecular flexibility index (Phi) is 6.55. The molecule has 0 aliphatic carbocycles. The third-order valence-electron chi connectivity index (χ3n) is 4.36. The highest BCUT2D eigenvalue weighted by atomic mass is 32.1. The maximum atomic E-state index is 13.9. The minimum Gasteiger partial charge on any atom is -0.342 e. The van der Waals surface area contributed by atoms with E-state index in [1.54, 1.807) is 18.3 Å². The smallest absolute Gasteiger partial charge is 0.191 e. The highest BCUT2D eigenvalue weighted by molar-refractivity contribution is 7.80. The van der Waals surface area contributed by atoms with Crippen molar-refractivity contribution < 1.29 is 4.39 Å². The van der Waals surface area contributed by atoms with Crippen molar-refractivity contribution in [3.8, 4) is 0 Å². The number of halogens is 1. The molecule has 1 heterocycles. The van der Waals surface area contributed by atoms with Crippen LogP contribution in [0.4, 0.5) is 10.1 Å². The number of anilines is 1. The zero-order valence-electron chi connectivity index (χ0n) is 15.9. The summed E-state index contributed by atoms with van der Waals surface area (Å²) in [5.41, 5.74) is 6.47. The average molecular weight is 395 g/mol. The van der Waals surface area contributed by atoms with Crippen molar-refractivity contribution in [3.63, 3.8) is 0 Å². The number of hydrazone groups is 1. The number of hydrogen-bond donors (Lipinski definition) is 2. The van der Waals surface area contributed by atoms with Gasteiger partial charge >= 0.3 is 0 Å². The first kappa shape index (κ1) is 19.8. The predicted octanol–water partition coefficient (Wildman–Crippen LogP) is 5.12. The van der Waals surface area contributed by atoms with Crippen LogP contribution in [0.25, 0.3) is 0 Å². The summed E-state index contributed by atoms with van der Waals surface area (Å²) in [5.74, 6) is 0.274. The molecule has 0 aliphatic heterocycles. The molecular formula is C22H23FN4S. The molecule has 0 aliphatic rings. The van der Waals surface area contributed by atoms with E-state index in [1.807, 2.05) is 41.1 Å². The van der Waals surface area contributed by atoms with Gasteiger partial charge in [-0.2, -0.15) is 5.10 Å². The van der Waals surface area contributed by atoms with Crippen LogP contribution in [-0.4, -0.2) is 15.9 Å². The lowest BCUT2D eigenvalue weighted by molar-refractivity contribution is 0.599. The fourth-order valence-electron chi connectivity index (χ4n) is 2.77. The van der Waals surface area contributed by atoms with E-state index in [2.05, 4.69) is 41.8 Å². The molecule has 0 saturated heterocycles. The van der Waals surface area contributed by atoms with E-state index in [1.165, 1.54) is 11.6 Å². The van der Waals surface area contributed by atoms with Crippen LogP contribution in [0.3, 0.4) is 0 Å². The molecule has 28 heavy (non-hydrogen) atoms. The molecule has 6 heteroatoms. The van der Waals surface area contributed by atoms with Gasteiger partial charge in [0, 0.05) is 17.4 Å². The Hall–Kier alpha value is -2.99. The highest BCUT2D eigenvalue weighted by Gasteiger charge is 2.04. The lowest BCUT2D eigenvalue weighted by Crippen LogP contribution is -2.24. The second kappa shape index (κ2) is 9.28. The van der Waals surface area contributed by atoms with E-state index in [9.17, 15) is 4.39 Å². The number of rotatable bonds is 6. The molecule has 144 valence electrons.